The Kier molecular flexibility index (Phi) is 4.81. The summed E-state index contributed by atoms with van der Waals surface area (Å²) in [6.45, 7) is 5.11. The van der Waals surface area contributed by atoms with Crippen molar-refractivity contribution in [1.29, 1.82) is 0 Å². The molecule has 0 aromatic heterocycles. The molecular weight excluding hydrogens is 284 g/mol. The number of carbonyl (C=O) groups excluding carboxylic acids is 1. The van der Waals surface area contributed by atoms with Gasteiger partial charge in [0.2, 0.25) is 0 Å². The van der Waals surface area contributed by atoms with Crippen LogP contribution in [0.1, 0.15) is 46.3 Å². The molecule has 6 heteroatoms. The lowest BCUT2D eigenvalue weighted by Gasteiger charge is -2.19. The van der Waals surface area contributed by atoms with E-state index in [2.05, 4.69) is 5.32 Å². The lowest BCUT2D eigenvalue weighted by molar-refractivity contribution is -0.386. The number of aliphatic hydroxyl groups excluding tert-OH is 1. The molecule has 0 aliphatic heterocycles. The lowest BCUT2D eigenvalue weighted by Crippen LogP contribution is -2.38. The zero-order valence-corrected chi connectivity index (χ0v) is 13.2. The van der Waals surface area contributed by atoms with Gasteiger partial charge in [0.25, 0.3) is 11.6 Å². The summed E-state index contributed by atoms with van der Waals surface area (Å²) in [5, 5.41) is 23.3. The second-order valence-corrected chi connectivity index (χ2v) is 6.05. The first kappa shape index (κ1) is 16.4. The second-order valence-electron chi connectivity index (χ2n) is 6.05. The average molecular weight is 306 g/mol. The zero-order chi connectivity index (χ0) is 16.4. The Bertz CT molecular complexity index is 609. The van der Waals surface area contributed by atoms with E-state index in [0.29, 0.717) is 29.0 Å². The van der Waals surface area contributed by atoms with Crippen molar-refractivity contribution in [3.05, 3.63) is 38.4 Å². The number of rotatable bonds is 6. The van der Waals surface area contributed by atoms with Gasteiger partial charge in [-0.1, -0.05) is 0 Å². The number of hydrogen-bond donors (Lipinski definition) is 2. The largest absolute Gasteiger partial charge is 0.396 e. The van der Waals surface area contributed by atoms with Crippen molar-refractivity contribution in [2.24, 2.45) is 5.92 Å². The summed E-state index contributed by atoms with van der Waals surface area (Å²) in [6.07, 6.45) is 2.62. The molecule has 0 heterocycles. The fraction of sp³-hybridized carbons (Fsp3) is 0.562. The molecule has 120 valence electrons. The molecule has 1 aromatic rings. The molecule has 1 unspecified atom stereocenters. The van der Waals surface area contributed by atoms with E-state index in [1.54, 1.807) is 26.8 Å². The molecule has 0 bridgehead atoms. The van der Waals surface area contributed by atoms with Gasteiger partial charge in [-0.3, -0.25) is 14.9 Å². The van der Waals surface area contributed by atoms with Crippen molar-refractivity contribution in [1.82, 2.24) is 5.32 Å². The molecule has 2 rings (SSSR count). The summed E-state index contributed by atoms with van der Waals surface area (Å²) in [6, 6.07) is 1.62. The molecule has 0 radical (unpaired) electrons. The van der Waals surface area contributed by atoms with Crippen LogP contribution in [0.4, 0.5) is 5.69 Å². The van der Waals surface area contributed by atoms with Crippen molar-refractivity contribution in [2.45, 2.75) is 46.1 Å². The normalized spacial score (nSPS) is 15.5. The number of aliphatic hydroxyl groups is 1. The highest BCUT2D eigenvalue weighted by Crippen LogP contribution is 2.34. The fourth-order valence-electron chi connectivity index (χ4n) is 3.11. The second kappa shape index (κ2) is 6.44. The number of nitrogens with one attached hydrogen (secondary N) is 1. The van der Waals surface area contributed by atoms with Gasteiger partial charge in [-0.2, -0.15) is 0 Å². The first-order valence-electron chi connectivity index (χ1n) is 7.53. The van der Waals surface area contributed by atoms with Crippen molar-refractivity contribution in [3.8, 4) is 0 Å². The van der Waals surface area contributed by atoms with E-state index in [0.717, 1.165) is 18.4 Å². The molecule has 22 heavy (non-hydrogen) atoms. The Morgan fingerprint density at radius 1 is 1.41 bits per heavy atom. The lowest BCUT2D eigenvalue weighted by atomic mass is 9.96. The maximum atomic E-state index is 12.6. The number of nitrogens with zero attached hydrogens (tertiary/aromatic N) is 1. The van der Waals surface area contributed by atoms with Gasteiger partial charge in [-0.15, -0.1) is 0 Å². The van der Waals surface area contributed by atoms with Gasteiger partial charge in [-0.25, -0.2) is 0 Å². The van der Waals surface area contributed by atoms with Crippen LogP contribution in [0.5, 0.6) is 0 Å². The molecule has 0 saturated heterocycles. The van der Waals surface area contributed by atoms with Crippen LogP contribution >= 0.6 is 0 Å². The highest BCUT2D eigenvalue weighted by Gasteiger charge is 2.33. The van der Waals surface area contributed by atoms with Crippen molar-refractivity contribution in [2.75, 3.05) is 6.61 Å². The molecule has 1 amide bonds. The Balaban J connectivity index is 2.32. The van der Waals surface area contributed by atoms with Crippen LogP contribution in [-0.4, -0.2) is 28.6 Å². The van der Waals surface area contributed by atoms with E-state index in [9.17, 15) is 14.9 Å². The Labute approximate surface area is 129 Å². The van der Waals surface area contributed by atoms with Gasteiger partial charge in [-0.05, 0) is 57.6 Å². The number of hydrogen-bond acceptors (Lipinski definition) is 4. The predicted octanol–water partition coefficient (Wildman–Crippen LogP) is 2.41. The molecule has 6 nitrogen and oxygen atoms in total. The standard InChI is InChI=1S/C16H22N2O4/c1-9-8-10(2)15(18(21)22)11(3)14(9)16(20)17-13(6-7-19)12-4-5-12/h8,12-13,19H,4-7H2,1-3H3,(H,17,20). The van der Waals surface area contributed by atoms with Gasteiger partial charge in [0.15, 0.2) is 0 Å². The van der Waals surface area contributed by atoms with E-state index < -0.39 is 4.92 Å². The van der Waals surface area contributed by atoms with Gasteiger partial charge in [0.05, 0.1) is 10.5 Å². The third-order valence-corrected chi connectivity index (χ3v) is 4.29. The molecule has 0 spiro atoms. The Morgan fingerprint density at radius 3 is 2.55 bits per heavy atom. The van der Waals surface area contributed by atoms with Crippen molar-refractivity contribution in [3.63, 3.8) is 0 Å². The topological polar surface area (TPSA) is 92.5 Å². The van der Waals surface area contributed by atoms with Crippen LogP contribution in [-0.2, 0) is 0 Å². The number of carbonyl (C=O) groups is 1. The first-order valence-corrected chi connectivity index (χ1v) is 7.53. The number of nitro groups is 1. The number of nitro benzene ring substituents is 1. The Morgan fingerprint density at radius 2 is 2.05 bits per heavy atom. The van der Waals surface area contributed by atoms with E-state index >= 15 is 0 Å². The Hall–Kier alpha value is -1.95. The third kappa shape index (κ3) is 3.27. The highest BCUT2D eigenvalue weighted by atomic mass is 16.6. The SMILES string of the molecule is Cc1cc(C)c([N+](=O)[O-])c(C)c1C(=O)NC(CCO)C1CC1. The summed E-state index contributed by atoms with van der Waals surface area (Å²) in [5.74, 6) is 0.126. The predicted molar refractivity (Wildman–Crippen MR) is 83.0 cm³/mol. The molecule has 1 atom stereocenters. The average Bonchev–Trinajstić information content (AvgIpc) is 3.20. The van der Waals surface area contributed by atoms with Crippen LogP contribution in [0.15, 0.2) is 6.07 Å². The molecule has 2 N–H and O–H groups in total. The van der Waals surface area contributed by atoms with Gasteiger partial charge in [0, 0.05) is 23.8 Å². The number of aryl methyl sites for hydroxylation is 2. The van der Waals surface area contributed by atoms with E-state index in [4.69, 9.17) is 5.11 Å². The summed E-state index contributed by atoms with van der Waals surface area (Å²) in [5.41, 5.74) is 2.07. The van der Waals surface area contributed by atoms with E-state index in [1.807, 2.05) is 0 Å². The summed E-state index contributed by atoms with van der Waals surface area (Å²) in [7, 11) is 0. The van der Waals surface area contributed by atoms with Gasteiger partial charge >= 0.3 is 0 Å². The smallest absolute Gasteiger partial charge is 0.275 e. The highest BCUT2D eigenvalue weighted by molar-refractivity contribution is 5.98. The quantitative estimate of drug-likeness (QED) is 0.623. The number of amides is 1. The van der Waals surface area contributed by atoms with Crippen molar-refractivity contribution >= 4 is 11.6 Å². The molecule has 1 aliphatic rings. The molecule has 1 aromatic carbocycles. The van der Waals surface area contributed by atoms with Crippen LogP contribution in [0.3, 0.4) is 0 Å². The van der Waals surface area contributed by atoms with E-state index in [-0.39, 0.29) is 24.2 Å². The minimum atomic E-state index is -0.438. The maximum absolute atomic E-state index is 12.6. The summed E-state index contributed by atoms with van der Waals surface area (Å²) >= 11 is 0. The fourth-order valence-corrected chi connectivity index (χ4v) is 3.11. The summed E-state index contributed by atoms with van der Waals surface area (Å²) < 4.78 is 0. The van der Waals surface area contributed by atoms with Crippen LogP contribution < -0.4 is 5.32 Å². The van der Waals surface area contributed by atoms with Gasteiger partial charge < -0.3 is 10.4 Å². The van der Waals surface area contributed by atoms with Crippen molar-refractivity contribution < 1.29 is 14.8 Å². The zero-order valence-electron chi connectivity index (χ0n) is 13.2. The minimum absolute atomic E-state index is 0.000815. The molecular formula is C16H22N2O4. The third-order valence-electron chi connectivity index (χ3n) is 4.29. The minimum Gasteiger partial charge on any atom is -0.396 e. The summed E-state index contributed by atoms with van der Waals surface area (Å²) in [4.78, 5) is 23.3. The molecule has 1 aliphatic carbocycles. The molecule has 1 saturated carbocycles. The van der Waals surface area contributed by atoms with Gasteiger partial charge in [0.1, 0.15) is 0 Å². The van der Waals surface area contributed by atoms with E-state index in [1.165, 1.54) is 0 Å². The monoisotopic (exact) mass is 306 g/mol. The molecule has 1 fully saturated rings. The van der Waals surface area contributed by atoms with Crippen LogP contribution in [0.25, 0.3) is 0 Å². The van der Waals surface area contributed by atoms with Crippen LogP contribution in [0, 0.1) is 36.8 Å². The van der Waals surface area contributed by atoms with Crippen LogP contribution in [0.2, 0.25) is 0 Å². The maximum Gasteiger partial charge on any atom is 0.275 e. The first-order chi connectivity index (χ1) is 10.4. The number of benzene rings is 1.